The van der Waals surface area contributed by atoms with E-state index in [0.29, 0.717) is 10.8 Å². The van der Waals surface area contributed by atoms with E-state index >= 15 is 0 Å². The van der Waals surface area contributed by atoms with Crippen LogP contribution in [0.2, 0.25) is 5.02 Å². The first-order valence-electron chi connectivity index (χ1n) is 10.5. The smallest absolute Gasteiger partial charge is 0.225 e. The lowest BCUT2D eigenvalue weighted by Crippen LogP contribution is -2.51. The van der Waals surface area contributed by atoms with Gasteiger partial charge in [0, 0.05) is 24.7 Å². The van der Waals surface area contributed by atoms with Crippen molar-refractivity contribution in [2.75, 3.05) is 17.7 Å². The molecule has 0 aromatic heterocycles. The minimum absolute atomic E-state index is 0.0859. The second kappa shape index (κ2) is 7.16. The number of benzene rings is 1. The van der Waals surface area contributed by atoms with Gasteiger partial charge in [-0.3, -0.25) is 14.7 Å². The first-order chi connectivity index (χ1) is 13.8. The molecule has 1 unspecified atom stereocenters. The molecule has 156 valence electrons. The highest BCUT2D eigenvalue weighted by molar-refractivity contribution is 8.14. The highest BCUT2D eigenvalue weighted by Gasteiger charge is 2.51. The maximum Gasteiger partial charge on any atom is 0.225 e. The van der Waals surface area contributed by atoms with Gasteiger partial charge in [-0.2, -0.15) is 0 Å². The second-order valence-electron chi connectivity index (χ2n) is 9.42. The van der Waals surface area contributed by atoms with E-state index in [2.05, 4.69) is 4.90 Å². The number of amidine groups is 1. The van der Waals surface area contributed by atoms with Crippen molar-refractivity contribution in [1.29, 1.82) is 0 Å². The summed E-state index contributed by atoms with van der Waals surface area (Å²) in [6.45, 7) is 1.48. The number of thioether (sulfide) groups is 1. The van der Waals surface area contributed by atoms with Crippen LogP contribution in [0, 0.1) is 23.6 Å². The summed E-state index contributed by atoms with van der Waals surface area (Å²) in [5, 5.41) is 1.41. The number of carbonyl (C=O) groups excluding carboxylic acids is 1. The van der Waals surface area contributed by atoms with Crippen LogP contribution in [0.1, 0.15) is 45.4 Å². The number of halogens is 2. The van der Waals surface area contributed by atoms with Crippen molar-refractivity contribution in [1.82, 2.24) is 4.90 Å². The molecule has 1 amide bonds. The largest absolute Gasteiger partial charge is 0.333 e. The average molecular weight is 436 g/mol. The van der Waals surface area contributed by atoms with E-state index < -0.39 is 5.82 Å². The van der Waals surface area contributed by atoms with Crippen molar-refractivity contribution in [3.8, 4) is 0 Å². The Bertz CT molecular complexity index is 840. The maximum absolute atomic E-state index is 14.5. The molecule has 4 nitrogen and oxygen atoms in total. The number of amides is 1. The van der Waals surface area contributed by atoms with Crippen molar-refractivity contribution in [3.05, 3.63) is 29.0 Å². The fourth-order valence-electron chi connectivity index (χ4n) is 6.46. The molecule has 4 saturated carbocycles. The van der Waals surface area contributed by atoms with Gasteiger partial charge in [-0.15, -0.1) is 0 Å². The highest BCUT2D eigenvalue weighted by Crippen LogP contribution is 2.57. The molecular weight excluding hydrogens is 409 g/mol. The number of rotatable bonds is 3. The van der Waals surface area contributed by atoms with Crippen molar-refractivity contribution < 1.29 is 9.18 Å². The fraction of sp³-hybridized carbons (Fsp3) is 0.636. The third-order valence-corrected chi connectivity index (χ3v) is 8.59. The van der Waals surface area contributed by atoms with Gasteiger partial charge in [-0.1, -0.05) is 23.4 Å². The molecule has 0 radical (unpaired) electrons. The molecule has 1 saturated heterocycles. The maximum atomic E-state index is 14.5. The van der Waals surface area contributed by atoms with E-state index in [4.69, 9.17) is 16.6 Å². The number of nitrogens with zero attached hydrogens (tertiary/aromatic N) is 3. The first kappa shape index (κ1) is 19.7. The van der Waals surface area contributed by atoms with Crippen LogP contribution in [-0.2, 0) is 4.79 Å². The van der Waals surface area contributed by atoms with Crippen LogP contribution in [0.4, 0.5) is 10.1 Å². The van der Waals surface area contributed by atoms with Gasteiger partial charge in [0.05, 0.1) is 11.2 Å². The summed E-state index contributed by atoms with van der Waals surface area (Å²) in [7, 11) is 1.97. The van der Waals surface area contributed by atoms with Gasteiger partial charge in [-0.25, -0.2) is 4.39 Å². The van der Waals surface area contributed by atoms with Crippen molar-refractivity contribution in [2.24, 2.45) is 22.7 Å². The minimum atomic E-state index is -0.436. The van der Waals surface area contributed by atoms with Gasteiger partial charge in [0.1, 0.15) is 12.0 Å². The molecule has 4 bridgehead atoms. The monoisotopic (exact) mass is 435 g/mol. The lowest BCUT2D eigenvalue weighted by molar-refractivity contribution is -0.117. The Hall–Kier alpha value is -1.27. The predicted octanol–water partition coefficient (Wildman–Crippen LogP) is 5.16. The van der Waals surface area contributed by atoms with Gasteiger partial charge >= 0.3 is 0 Å². The van der Waals surface area contributed by atoms with Gasteiger partial charge < -0.3 is 4.90 Å². The fourth-order valence-corrected chi connectivity index (χ4v) is 7.88. The molecule has 5 aliphatic rings. The van der Waals surface area contributed by atoms with Crippen LogP contribution < -0.4 is 4.90 Å². The molecule has 0 spiro atoms. The third kappa shape index (κ3) is 3.46. The summed E-state index contributed by atoms with van der Waals surface area (Å²) < 4.78 is 14.5. The molecule has 5 fully saturated rings. The number of hydrogen-bond acceptors (Lipinski definition) is 3. The summed E-state index contributed by atoms with van der Waals surface area (Å²) in [5.74, 6) is 2.56. The third-order valence-electron chi connectivity index (χ3n) is 7.25. The van der Waals surface area contributed by atoms with E-state index in [1.54, 1.807) is 11.8 Å². The highest BCUT2D eigenvalue weighted by atomic mass is 35.5. The molecule has 1 aromatic carbocycles. The zero-order chi connectivity index (χ0) is 20.3. The Balaban J connectivity index is 1.43. The Labute approximate surface area is 180 Å². The zero-order valence-electron chi connectivity index (χ0n) is 16.9. The predicted molar refractivity (Wildman–Crippen MR) is 117 cm³/mol. The first-order valence-corrected chi connectivity index (χ1v) is 11.9. The number of hydrogen-bond donors (Lipinski definition) is 0. The zero-order valence-corrected chi connectivity index (χ0v) is 18.5. The van der Waals surface area contributed by atoms with Crippen LogP contribution in [0.15, 0.2) is 23.2 Å². The van der Waals surface area contributed by atoms with E-state index in [1.165, 1.54) is 68.5 Å². The second-order valence-corrected chi connectivity index (χ2v) is 10.8. The molecule has 7 heteroatoms. The molecule has 1 aliphatic heterocycles. The molecular formula is C22H27ClFN3OS. The average Bonchev–Trinajstić information content (AvgIpc) is 2.97. The normalized spacial score (nSPS) is 36.8. The van der Waals surface area contributed by atoms with E-state index in [-0.39, 0.29) is 23.3 Å². The molecule has 1 aromatic rings. The molecule has 1 heterocycles. The lowest BCUT2D eigenvalue weighted by atomic mass is 9.53. The molecule has 0 N–H and O–H groups in total. The van der Waals surface area contributed by atoms with Crippen LogP contribution in [0.25, 0.3) is 0 Å². The molecule has 4 aliphatic carbocycles. The van der Waals surface area contributed by atoms with E-state index in [0.717, 1.165) is 22.9 Å². The van der Waals surface area contributed by atoms with Crippen LogP contribution in [0.5, 0.6) is 0 Å². The Morgan fingerprint density at radius 2 is 1.86 bits per heavy atom. The van der Waals surface area contributed by atoms with Gasteiger partial charge in [0.25, 0.3) is 0 Å². The Kier molecular flexibility index (Phi) is 4.86. The van der Waals surface area contributed by atoms with Gasteiger partial charge in [0.2, 0.25) is 5.91 Å². The van der Waals surface area contributed by atoms with E-state index in [9.17, 15) is 9.18 Å². The standard InChI is InChI=1S/C22H27ClFN3OS/c1-13(28)27(19-8-17(23)3-4-18(19)24)20-12-29-21(26(20)2)25-22-9-14-5-15(10-22)7-16(6-14)11-22/h3-4,8,14-16,20H,5-7,9-12H2,1-2H3. The molecule has 29 heavy (non-hydrogen) atoms. The van der Waals surface area contributed by atoms with Crippen LogP contribution >= 0.6 is 23.4 Å². The van der Waals surface area contributed by atoms with Crippen molar-refractivity contribution in [3.63, 3.8) is 0 Å². The van der Waals surface area contributed by atoms with Crippen LogP contribution in [-0.4, -0.2) is 40.5 Å². The SMILES string of the molecule is CC(=O)N(c1cc(Cl)ccc1F)C1CSC(=NC23CC4CC(CC(C4)C2)C3)N1C. The summed E-state index contributed by atoms with van der Waals surface area (Å²) in [6, 6.07) is 4.36. The Morgan fingerprint density at radius 1 is 1.24 bits per heavy atom. The Morgan fingerprint density at radius 3 is 2.45 bits per heavy atom. The van der Waals surface area contributed by atoms with Crippen molar-refractivity contribution >= 4 is 40.1 Å². The lowest BCUT2D eigenvalue weighted by Gasteiger charge is -2.55. The number of anilines is 1. The van der Waals surface area contributed by atoms with Gasteiger partial charge in [0.15, 0.2) is 5.17 Å². The number of aliphatic imine (C=N–C) groups is 1. The van der Waals surface area contributed by atoms with Crippen LogP contribution in [0.3, 0.4) is 0 Å². The van der Waals surface area contributed by atoms with Gasteiger partial charge in [-0.05, 0) is 74.5 Å². The minimum Gasteiger partial charge on any atom is -0.333 e. The molecule has 6 rings (SSSR count). The summed E-state index contributed by atoms with van der Waals surface area (Å²) >= 11 is 7.78. The summed E-state index contributed by atoms with van der Waals surface area (Å²) in [4.78, 5) is 21.4. The topological polar surface area (TPSA) is 35.9 Å². The summed E-state index contributed by atoms with van der Waals surface area (Å²) in [6.07, 6.45) is 7.53. The quantitative estimate of drug-likeness (QED) is 0.657. The summed E-state index contributed by atoms with van der Waals surface area (Å²) in [5.41, 5.74) is 0.321. The van der Waals surface area contributed by atoms with Crippen molar-refractivity contribution in [2.45, 2.75) is 57.2 Å². The molecule has 1 atom stereocenters. The number of carbonyl (C=O) groups is 1. The van der Waals surface area contributed by atoms with E-state index in [1.807, 2.05) is 7.05 Å².